The summed E-state index contributed by atoms with van der Waals surface area (Å²) in [6, 6.07) is 7.90. The summed E-state index contributed by atoms with van der Waals surface area (Å²) in [5.41, 5.74) is 3.46. The first kappa shape index (κ1) is 18.8. The number of methoxy groups -OCH3 is 1. The fraction of sp³-hybridized carbons (Fsp3) is 0.350. The molecule has 28 heavy (non-hydrogen) atoms. The Bertz CT molecular complexity index is 1080. The van der Waals surface area contributed by atoms with Gasteiger partial charge in [-0.2, -0.15) is 5.26 Å². The highest BCUT2D eigenvalue weighted by Gasteiger charge is 2.24. The Morgan fingerprint density at radius 3 is 3.18 bits per heavy atom. The summed E-state index contributed by atoms with van der Waals surface area (Å²) in [7, 11) is 1.62. The van der Waals surface area contributed by atoms with Gasteiger partial charge in [0, 0.05) is 10.9 Å². The zero-order valence-corrected chi connectivity index (χ0v) is 17.3. The van der Waals surface area contributed by atoms with Gasteiger partial charge in [0.05, 0.1) is 29.5 Å². The van der Waals surface area contributed by atoms with Gasteiger partial charge >= 0.3 is 0 Å². The van der Waals surface area contributed by atoms with Crippen molar-refractivity contribution in [3.8, 4) is 11.8 Å². The molecule has 8 heteroatoms. The molecule has 2 aromatic heterocycles. The molecule has 1 aliphatic rings. The number of H-pyrrole nitrogens is 1. The molecule has 3 aromatic rings. The number of carbonyl (C=O) groups is 1. The summed E-state index contributed by atoms with van der Waals surface area (Å²) in [6.07, 6.45) is 3.00. The molecule has 0 saturated heterocycles. The van der Waals surface area contributed by atoms with Crippen LogP contribution in [0.3, 0.4) is 0 Å². The quantitative estimate of drug-likeness (QED) is 0.608. The zero-order chi connectivity index (χ0) is 19.7. The molecule has 6 nitrogen and oxygen atoms in total. The molecule has 0 spiro atoms. The van der Waals surface area contributed by atoms with Gasteiger partial charge in [-0.1, -0.05) is 18.7 Å². The lowest BCUT2D eigenvalue weighted by atomic mass is 9.89. The Kier molecular flexibility index (Phi) is 5.29. The molecule has 2 N–H and O–H groups in total. The smallest absolute Gasteiger partial charge is 0.235 e. The summed E-state index contributed by atoms with van der Waals surface area (Å²) in [5.74, 6) is 1.47. The molecule has 0 saturated carbocycles. The molecule has 144 valence electrons. The predicted molar refractivity (Wildman–Crippen MR) is 112 cm³/mol. The van der Waals surface area contributed by atoms with Gasteiger partial charge < -0.3 is 15.0 Å². The zero-order valence-electron chi connectivity index (χ0n) is 15.7. The van der Waals surface area contributed by atoms with Crippen molar-refractivity contribution in [3.05, 3.63) is 34.2 Å². The average Bonchev–Trinajstić information content (AvgIpc) is 3.25. The standard InChI is InChI=1S/C20H20N4O2S2/c1-11-3-5-13-14(9-21)19(28-17(13)7-11)24-18(25)10-27-20-22-15-6-4-12(26-2)8-16(15)23-20/h4,6,8,11H,3,5,7,10H2,1-2H3,(H,22,23)(H,24,25). The fourth-order valence-corrected chi connectivity index (χ4v) is 5.48. The van der Waals surface area contributed by atoms with E-state index in [0.717, 1.165) is 41.6 Å². The van der Waals surface area contributed by atoms with E-state index in [1.807, 2.05) is 18.2 Å². The van der Waals surface area contributed by atoms with E-state index in [0.29, 0.717) is 21.6 Å². The first-order chi connectivity index (χ1) is 13.6. The highest BCUT2D eigenvalue weighted by Crippen LogP contribution is 2.39. The maximum absolute atomic E-state index is 12.5. The Balaban J connectivity index is 1.43. The van der Waals surface area contributed by atoms with Crippen LogP contribution in [0.4, 0.5) is 5.00 Å². The second kappa shape index (κ2) is 7.86. The van der Waals surface area contributed by atoms with Crippen LogP contribution in [0.5, 0.6) is 5.75 Å². The van der Waals surface area contributed by atoms with E-state index in [4.69, 9.17) is 4.74 Å². The van der Waals surface area contributed by atoms with Crippen molar-refractivity contribution in [2.24, 2.45) is 5.92 Å². The monoisotopic (exact) mass is 412 g/mol. The van der Waals surface area contributed by atoms with Crippen LogP contribution in [0.15, 0.2) is 23.4 Å². The van der Waals surface area contributed by atoms with Crippen LogP contribution in [-0.2, 0) is 17.6 Å². The number of rotatable bonds is 5. The second-order valence-electron chi connectivity index (χ2n) is 6.93. The number of aromatic nitrogens is 2. The van der Waals surface area contributed by atoms with Crippen molar-refractivity contribution >= 4 is 45.0 Å². The molecule has 4 rings (SSSR count). The molecule has 0 fully saturated rings. The highest BCUT2D eigenvalue weighted by atomic mass is 32.2. The number of nitriles is 1. The van der Waals surface area contributed by atoms with E-state index in [1.54, 1.807) is 18.4 Å². The number of nitrogens with zero attached hydrogens (tertiary/aromatic N) is 2. The number of carbonyl (C=O) groups excluding carboxylic acids is 1. The van der Waals surface area contributed by atoms with Crippen molar-refractivity contribution in [2.75, 3.05) is 18.2 Å². The van der Waals surface area contributed by atoms with Crippen molar-refractivity contribution in [1.29, 1.82) is 5.26 Å². The van der Waals surface area contributed by atoms with E-state index < -0.39 is 0 Å². The minimum atomic E-state index is -0.133. The molecular formula is C20H20N4O2S2. The van der Waals surface area contributed by atoms with E-state index >= 15 is 0 Å². The Labute approximate surface area is 171 Å². The molecule has 1 atom stereocenters. The molecule has 0 bridgehead atoms. The SMILES string of the molecule is COc1ccc2nc(SCC(=O)Nc3sc4c(c3C#N)CCC(C)C4)[nH]c2c1. The Morgan fingerprint density at radius 1 is 1.54 bits per heavy atom. The number of nitrogens with one attached hydrogen (secondary N) is 2. The molecule has 1 unspecified atom stereocenters. The van der Waals surface area contributed by atoms with Crippen LogP contribution in [0.25, 0.3) is 11.0 Å². The maximum Gasteiger partial charge on any atom is 0.235 e. The van der Waals surface area contributed by atoms with E-state index in [9.17, 15) is 10.1 Å². The lowest BCUT2D eigenvalue weighted by molar-refractivity contribution is -0.113. The third-order valence-electron chi connectivity index (χ3n) is 4.88. The third kappa shape index (κ3) is 3.73. The second-order valence-corrected chi connectivity index (χ2v) is 9.00. The topological polar surface area (TPSA) is 90.8 Å². The van der Waals surface area contributed by atoms with Gasteiger partial charge in [-0.05, 0) is 42.9 Å². The van der Waals surface area contributed by atoms with Crippen molar-refractivity contribution in [2.45, 2.75) is 31.3 Å². The van der Waals surface area contributed by atoms with Crippen LogP contribution < -0.4 is 10.1 Å². The number of ether oxygens (including phenoxy) is 1. The Hall–Kier alpha value is -2.50. The largest absolute Gasteiger partial charge is 0.497 e. The van der Waals surface area contributed by atoms with Gasteiger partial charge in [-0.25, -0.2) is 4.98 Å². The fourth-order valence-electron chi connectivity index (χ4n) is 3.41. The molecule has 1 aromatic carbocycles. The van der Waals surface area contributed by atoms with Crippen molar-refractivity contribution in [3.63, 3.8) is 0 Å². The third-order valence-corrected chi connectivity index (χ3v) is 6.93. The lowest BCUT2D eigenvalue weighted by Crippen LogP contribution is -2.14. The van der Waals surface area contributed by atoms with Gasteiger partial charge in [0.15, 0.2) is 5.16 Å². The van der Waals surface area contributed by atoms with Gasteiger partial charge in [-0.15, -0.1) is 11.3 Å². The number of benzene rings is 1. The van der Waals surface area contributed by atoms with Crippen LogP contribution in [-0.4, -0.2) is 28.7 Å². The van der Waals surface area contributed by atoms with E-state index in [-0.39, 0.29) is 11.7 Å². The average molecular weight is 413 g/mol. The number of anilines is 1. The number of thioether (sulfide) groups is 1. The van der Waals surface area contributed by atoms with Crippen molar-refractivity contribution in [1.82, 2.24) is 9.97 Å². The van der Waals surface area contributed by atoms with E-state index in [2.05, 4.69) is 28.3 Å². The number of thiophene rings is 1. The van der Waals surface area contributed by atoms with Gasteiger partial charge in [0.1, 0.15) is 16.8 Å². The highest BCUT2D eigenvalue weighted by molar-refractivity contribution is 7.99. The summed E-state index contributed by atoms with van der Waals surface area (Å²) in [5, 5.41) is 13.8. The number of aromatic amines is 1. The number of fused-ring (bicyclic) bond motifs is 2. The number of amides is 1. The first-order valence-electron chi connectivity index (χ1n) is 9.08. The molecule has 0 radical (unpaired) electrons. The van der Waals surface area contributed by atoms with Gasteiger partial charge in [-0.3, -0.25) is 4.79 Å². The molecule has 1 aliphatic carbocycles. The molecule has 1 amide bonds. The number of imidazole rings is 1. The maximum atomic E-state index is 12.5. The summed E-state index contributed by atoms with van der Waals surface area (Å²) in [6.45, 7) is 2.23. The molecule has 2 heterocycles. The van der Waals surface area contributed by atoms with Crippen LogP contribution in [0, 0.1) is 17.2 Å². The normalized spacial score (nSPS) is 15.8. The summed E-state index contributed by atoms with van der Waals surface area (Å²) >= 11 is 2.89. The predicted octanol–water partition coefficient (Wildman–Crippen LogP) is 4.36. The van der Waals surface area contributed by atoms with Crippen molar-refractivity contribution < 1.29 is 9.53 Å². The summed E-state index contributed by atoms with van der Waals surface area (Å²) < 4.78 is 5.22. The summed E-state index contributed by atoms with van der Waals surface area (Å²) in [4.78, 5) is 21.4. The minimum absolute atomic E-state index is 0.133. The van der Waals surface area contributed by atoms with Gasteiger partial charge in [0.25, 0.3) is 0 Å². The molecule has 0 aliphatic heterocycles. The van der Waals surface area contributed by atoms with Crippen LogP contribution in [0.2, 0.25) is 0 Å². The Morgan fingerprint density at radius 2 is 2.39 bits per heavy atom. The number of hydrogen-bond donors (Lipinski definition) is 2. The minimum Gasteiger partial charge on any atom is -0.497 e. The van der Waals surface area contributed by atoms with Gasteiger partial charge in [0.2, 0.25) is 5.91 Å². The molecular weight excluding hydrogens is 392 g/mol. The van der Waals surface area contributed by atoms with Crippen LogP contribution in [0.1, 0.15) is 29.3 Å². The number of hydrogen-bond acceptors (Lipinski definition) is 6. The lowest BCUT2D eigenvalue weighted by Gasteiger charge is -2.17. The van der Waals surface area contributed by atoms with Crippen LogP contribution >= 0.6 is 23.1 Å². The first-order valence-corrected chi connectivity index (χ1v) is 10.9. The van der Waals surface area contributed by atoms with E-state index in [1.165, 1.54) is 16.6 Å².